The van der Waals surface area contributed by atoms with Gasteiger partial charge in [-0.1, -0.05) is 134 Å². The number of ether oxygens (including phenoxy) is 2. The molecule has 1 aromatic carbocycles. The highest BCUT2D eigenvalue weighted by molar-refractivity contribution is 7.47. The van der Waals surface area contributed by atoms with Crippen molar-refractivity contribution in [3.8, 4) is 0 Å². The van der Waals surface area contributed by atoms with Crippen molar-refractivity contribution in [3.05, 3.63) is 60.0 Å². The van der Waals surface area contributed by atoms with E-state index in [0.29, 0.717) is 30.7 Å². The first-order valence-corrected chi connectivity index (χ1v) is 21.5. The van der Waals surface area contributed by atoms with E-state index in [0.717, 1.165) is 18.4 Å². The number of rotatable bonds is 28. The highest BCUT2D eigenvalue weighted by atomic mass is 31.2. The fourth-order valence-electron chi connectivity index (χ4n) is 7.15. The van der Waals surface area contributed by atoms with Crippen LogP contribution < -0.4 is 5.73 Å². The van der Waals surface area contributed by atoms with Gasteiger partial charge in [0.05, 0.1) is 25.0 Å². The summed E-state index contributed by atoms with van der Waals surface area (Å²) in [6.07, 6.45) is 18.5. The molecule has 5 N–H and O–H groups in total. The van der Waals surface area contributed by atoms with Gasteiger partial charge in [0.25, 0.3) is 0 Å². The number of phosphoric acid groups is 1. The van der Waals surface area contributed by atoms with Crippen LogP contribution in [0.4, 0.5) is 5.82 Å². The number of unbranched alkanes of at least 4 members (excludes halogenated alkanes) is 15. The lowest BCUT2D eigenvalue weighted by atomic mass is 9.93. The molecule has 12 nitrogen and oxygen atoms in total. The van der Waals surface area contributed by atoms with Crippen LogP contribution in [0.1, 0.15) is 134 Å². The Labute approximate surface area is 316 Å². The number of nitrogens with two attached hydrogens (primary N) is 1. The third-order valence-corrected chi connectivity index (χ3v) is 11.4. The van der Waals surface area contributed by atoms with Gasteiger partial charge < -0.3 is 30.3 Å². The van der Waals surface area contributed by atoms with Gasteiger partial charge in [-0.3, -0.25) is 9.05 Å². The second kappa shape index (κ2) is 22.8. The van der Waals surface area contributed by atoms with Crippen molar-refractivity contribution >= 4 is 19.2 Å². The molecule has 1 unspecified atom stereocenters. The van der Waals surface area contributed by atoms with Crippen molar-refractivity contribution in [2.75, 3.05) is 25.6 Å². The number of aliphatic hydroxyl groups excluding tert-OH is 2. The van der Waals surface area contributed by atoms with Crippen LogP contribution in [0.5, 0.6) is 0 Å². The standard InChI is InChI=1S/C40H65N4O8P/c1-3-4-5-6-7-8-9-10-11-12-13-14-15-16-17-21-28-49-29-33(25-24-32-22-19-18-20-23-32)52-53(47,48)50-30-35-37(45)38(46)40(2,51-35)36-27-26-34-39(41)42-31-43-44(34)36/h18-20,22-23,26-27,31,33,35,37-38,45-46H,3-17,21,24-25,28-30H2,1-2H3,(H,47,48)(H2,41,42,43)/t33-,35+,37+,38+,40-/m0/s1. The first kappa shape index (κ1) is 43.3. The van der Waals surface area contributed by atoms with Crippen LogP contribution in [-0.2, 0) is 35.1 Å². The van der Waals surface area contributed by atoms with Gasteiger partial charge in [0.2, 0.25) is 0 Å². The predicted octanol–water partition coefficient (Wildman–Crippen LogP) is 8.06. The first-order valence-electron chi connectivity index (χ1n) is 20.0. The normalized spacial score (nSPS) is 22.0. The molecule has 0 bridgehead atoms. The van der Waals surface area contributed by atoms with Crippen LogP contribution in [0, 0.1) is 0 Å². The molecule has 53 heavy (non-hydrogen) atoms. The molecular formula is C40H65N4O8P. The monoisotopic (exact) mass is 760 g/mol. The molecule has 0 spiro atoms. The number of hydrogen-bond donors (Lipinski definition) is 4. The molecule has 4 rings (SSSR count). The highest BCUT2D eigenvalue weighted by Gasteiger charge is 2.54. The van der Waals surface area contributed by atoms with Crippen LogP contribution >= 0.6 is 7.82 Å². The van der Waals surface area contributed by atoms with Crippen molar-refractivity contribution in [2.24, 2.45) is 0 Å². The Morgan fingerprint density at radius 2 is 1.51 bits per heavy atom. The van der Waals surface area contributed by atoms with Gasteiger partial charge >= 0.3 is 7.82 Å². The lowest BCUT2D eigenvalue weighted by Crippen LogP contribution is -2.39. The molecule has 2 aromatic heterocycles. The molecule has 0 saturated carbocycles. The number of anilines is 1. The molecule has 13 heteroatoms. The van der Waals surface area contributed by atoms with Gasteiger partial charge in [-0.2, -0.15) is 5.10 Å². The van der Waals surface area contributed by atoms with Gasteiger partial charge in [-0.25, -0.2) is 14.1 Å². The Kier molecular flexibility index (Phi) is 18.7. The second-order valence-corrected chi connectivity index (χ2v) is 16.2. The summed E-state index contributed by atoms with van der Waals surface area (Å²) in [6, 6.07) is 13.2. The molecule has 6 atom stereocenters. The minimum absolute atomic E-state index is 0.144. The van der Waals surface area contributed by atoms with Gasteiger partial charge in [0, 0.05) is 6.61 Å². The van der Waals surface area contributed by atoms with Gasteiger partial charge in [-0.15, -0.1) is 0 Å². The molecule has 298 valence electrons. The summed E-state index contributed by atoms with van der Waals surface area (Å²) in [6.45, 7) is 4.07. The van der Waals surface area contributed by atoms with Crippen molar-refractivity contribution < 1.29 is 38.2 Å². The number of aryl methyl sites for hydroxylation is 1. The molecule has 1 aliphatic rings. The summed E-state index contributed by atoms with van der Waals surface area (Å²) in [5, 5.41) is 26.1. The number of aliphatic hydroxyl groups is 2. The van der Waals surface area contributed by atoms with E-state index in [1.165, 1.54) is 101 Å². The summed E-state index contributed by atoms with van der Waals surface area (Å²) >= 11 is 0. The number of fused-ring (bicyclic) bond motifs is 1. The maximum Gasteiger partial charge on any atom is 0.472 e. The first-order chi connectivity index (χ1) is 25.6. The van der Waals surface area contributed by atoms with E-state index in [4.69, 9.17) is 24.3 Å². The Hall–Kier alpha value is -2.41. The van der Waals surface area contributed by atoms with Crippen LogP contribution in [0.15, 0.2) is 48.8 Å². The zero-order valence-electron chi connectivity index (χ0n) is 32.0. The third-order valence-electron chi connectivity index (χ3n) is 10.4. The number of nitrogens with zero attached hydrogens (tertiary/aromatic N) is 3. The average Bonchev–Trinajstić information content (AvgIpc) is 3.69. The Morgan fingerprint density at radius 1 is 0.906 bits per heavy atom. The Balaban J connectivity index is 1.15. The van der Waals surface area contributed by atoms with Crippen LogP contribution in [-0.4, -0.2) is 73.9 Å². The summed E-state index contributed by atoms with van der Waals surface area (Å²) in [7, 11) is -4.61. The van der Waals surface area contributed by atoms with E-state index >= 15 is 0 Å². The molecule has 0 aliphatic carbocycles. The van der Waals surface area contributed by atoms with Crippen LogP contribution in [0.3, 0.4) is 0 Å². The summed E-state index contributed by atoms with van der Waals surface area (Å²) in [4.78, 5) is 14.7. The van der Waals surface area contributed by atoms with Crippen LogP contribution in [0.2, 0.25) is 0 Å². The van der Waals surface area contributed by atoms with Crippen molar-refractivity contribution in [3.63, 3.8) is 0 Å². The van der Waals surface area contributed by atoms with Gasteiger partial charge in [0.1, 0.15) is 35.8 Å². The Morgan fingerprint density at radius 3 is 2.13 bits per heavy atom. The molecule has 1 fully saturated rings. The summed E-state index contributed by atoms with van der Waals surface area (Å²) < 4.78 is 37.7. The van der Waals surface area contributed by atoms with Crippen molar-refractivity contribution in [1.82, 2.24) is 14.6 Å². The van der Waals surface area contributed by atoms with E-state index in [1.807, 2.05) is 30.3 Å². The molecule has 1 saturated heterocycles. The fraction of sp³-hybridized carbons (Fsp3) is 0.700. The highest BCUT2D eigenvalue weighted by Crippen LogP contribution is 2.47. The van der Waals surface area contributed by atoms with E-state index in [9.17, 15) is 19.7 Å². The second-order valence-electron chi connectivity index (χ2n) is 14.8. The fourth-order valence-corrected chi connectivity index (χ4v) is 8.09. The maximum absolute atomic E-state index is 13.2. The molecular weight excluding hydrogens is 695 g/mol. The van der Waals surface area contributed by atoms with E-state index < -0.39 is 44.4 Å². The predicted molar refractivity (Wildman–Crippen MR) is 207 cm³/mol. The van der Waals surface area contributed by atoms with Gasteiger partial charge in [0.15, 0.2) is 5.82 Å². The number of benzene rings is 1. The number of phosphoric ester groups is 1. The number of aromatic nitrogens is 3. The summed E-state index contributed by atoms with van der Waals surface area (Å²) in [5.74, 6) is 0.247. The average molecular weight is 761 g/mol. The topological polar surface area (TPSA) is 171 Å². The largest absolute Gasteiger partial charge is 0.472 e. The summed E-state index contributed by atoms with van der Waals surface area (Å²) in [5.41, 5.74) is 6.57. The lowest BCUT2D eigenvalue weighted by molar-refractivity contribution is -0.0898. The lowest BCUT2D eigenvalue weighted by Gasteiger charge is -2.27. The van der Waals surface area contributed by atoms with Gasteiger partial charge in [-0.05, 0) is 43.9 Å². The minimum atomic E-state index is -4.61. The third kappa shape index (κ3) is 14.0. The molecule has 0 radical (unpaired) electrons. The number of hydrogen-bond acceptors (Lipinski definition) is 10. The molecule has 0 amide bonds. The smallest absolute Gasteiger partial charge is 0.387 e. The quantitative estimate of drug-likeness (QED) is 0.0417. The molecule has 3 heterocycles. The molecule has 1 aliphatic heterocycles. The van der Waals surface area contributed by atoms with E-state index in [2.05, 4.69) is 17.0 Å². The van der Waals surface area contributed by atoms with E-state index in [-0.39, 0.29) is 12.4 Å². The zero-order chi connectivity index (χ0) is 37.9. The molecule has 3 aromatic rings. The van der Waals surface area contributed by atoms with E-state index in [1.54, 1.807) is 19.1 Å². The number of nitrogen functional groups attached to an aromatic ring is 1. The SMILES string of the molecule is CCCCCCCCCCCCCCCCCCOC[C@H](CCc1ccccc1)OP(=O)(O)OC[C@H]1O[C@@](C)(c2ccc3c(N)ncnn23)[C@H](O)[C@@H]1O. The van der Waals surface area contributed by atoms with Crippen LogP contribution in [0.25, 0.3) is 5.52 Å². The zero-order valence-corrected chi connectivity index (χ0v) is 32.9. The van der Waals surface area contributed by atoms with Crippen molar-refractivity contribution in [1.29, 1.82) is 0 Å². The maximum atomic E-state index is 13.2. The van der Waals surface area contributed by atoms with Crippen molar-refractivity contribution in [2.45, 2.75) is 159 Å². The minimum Gasteiger partial charge on any atom is -0.387 e. The Bertz CT molecular complexity index is 1500.